The number of carboxylic acids is 1. The maximum atomic E-state index is 10.8. The zero-order valence-corrected chi connectivity index (χ0v) is 15.7. The number of carboxylic acid groups (broad SMARTS) is 1. The van der Waals surface area contributed by atoms with Crippen molar-refractivity contribution in [3.8, 4) is 0 Å². The third-order valence-electron chi connectivity index (χ3n) is 5.61. The van der Waals surface area contributed by atoms with Crippen LogP contribution in [0.2, 0.25) is 0 Å². The number of carbonyl (C=O) groups excluding carboxylic acids is 1. The first-order chi connectivity index (χ1) is 11.7. The van der Waals surface area contributed by atoms with E-state index in [0.717, 1.165) is 5.92 Å². The van der Waals surface area contributed by atoms with E-state index in [2.05, 4.69) is 11.7 Å². The monoisotopic (exact) mass is 346 g/mol. The second-order valence-electron chi connectivity index (χ2n) is 8.50. The van der Waals surface area contributed by atoms with Crippen molar-refractivity contribution in [1.82, 2.24) is 0 Å². The minimum Gasteiger partial charge on any atom is -0.478 e. The average molecular weight is 346 g/mol. The molecule has 3 rings (SSSR count). The Morgan fingerprint density at radius 3 is 2.04 bits per heavy atom. The van der Waals surface area contributed by atoms with Gasteiger partial charge in [-0.3, -0.25) is 4.79 Å². The molecule has 0 amide bonds. The van der Waals surface area contributed by atoms with E-state index < -0.39 is 5.97 Å². The molecule has 4 heteroatoms. The summed E-state index contributed by atoms with van der Waals surface area (Å²) in [7, 11) is 0. The lowest BCUT2D eigenvalue weighted by Gasteiger charge is -2.29. The molecule has 0 radical (unpaired) electrons. The van der Waals surface area contributed by atoms with Gasteiger partial charge in [-0.1, -0.05) is 19.1 Å². The number of aromatic carboxylic acids is 1. The first-order valence-corrected chi connectivity index (χ1v) is 9.11. The first-order valence-electron chi connectivity index (χ1n) is 9.11. The quantitative estimate of drug-likeness (QED) is 0.780. The molecule has 2 aliphatic carbocycles. The Balaban J connectivity index is 0.000000277. The van der Waals surface area contributed by atoms with Crippen LogP contribution in [0.15, 0.2) is 24.3 Å². The van der Waals surface area contributed by atoms with Gasteiger partial charge in [-0.25, -0.2) is 4.79 Å². The molecule has 1 aromatic carbocycles. The van der Waals surface area contributed by atoms with Gasteiger partial charge in [0, 0.05) is 0 Å². The predicted octanol–water partition coefficient (Wildman–Crippen LogP) is 5.03. The van der Waals surface area contributed by atoms with Crippen LogP contribution in [0.25, 0.3) is 0 Å². The summed E-state index contributed by atoms with van der Waals surface area (Å²) in [6.45, 7) is 8.30. The standard InChI is InChI=1S/C16H20O2.C5H10O2/c1-11-10-16(11)8-6-13(7-9-16)12-2-4-14(5-3-12)15(17)18;1-5(2,3)7-4-6/h2-5,11,13H,6-10H2,1H3,(H,17,18);4H,1-3H3. The van der Waals surface area contributed by atoms with Crippen molar-refractivity contribution < 1.29 is 19.4 Å². The molecule has 1 atom stereocenters. The molecule has 0 saturated heterocycles. The van der Waals surface area contributed by atoms with Gasteiger partial charge in [0.25, 0.3) is 6.47 Å². The van der Waals surface area contributed by atoms with Crippen LogP contribution in [-0.4, -0.2) is 23.1 Å². The van der Waals surface area contributed by atoms with E-state index in [1.807, 2.05) is 32.9 Å². The van der Waals surface area contributed by atoms with Gasteiger partial charge >= 0.3 is 5.97 Å². The number of hydrogen-bond acceptors (Lipinski definition) is 3. The number of carbonyl (C=O) groups is 2. The van der Waals surface area contributed by atoms with Crippen LogP contribution >= 0.6 is 0 Å². The Kier molecular flexibility index (Phi) is 5.91. The molecular formula is C21H30O4. The summed E-state index contributed by atoms with van der Waals surface area (Å²) in [6.07, 6.45) is 6.70. The van der Waals surface area contributed by atoms with Crippen molar-refractivity contribution in [2.75, 3.05) is 0 Å². The fraction of sp³-hybridized carbons (Fsp3) is 0.619. The maximum Gasteiger partial charge on any atom is 0.335 e. The Labute approximate surface area is 150 Å². The van der Waals surface area contributed by atoms with E-state index in [4.69, 9.17) is 5.11 Å². The third-order valence-corrected chi connectivity index (χ3v) is 5.61. The molecule has 2 aliphatic rings. The van der Waals surface area contributed by atoms with Crippen molar-refractivity contribution in [1.29, 1.82) is 0 Å². The number of rotatable bonds is 3. The Hall–Kier alpha value is -1.84. The Morgan fingerprint density at radius 1 is 1.20 bits per heavy atom. The van der Waals surface area contributed by atoms with Gasteiger partial charge in [-0.15, -0.1) is 0 Å². The van der Waals surface area contributed by atoms with Crippen LogP contribution in [-0.2, 0) is 9.53 Å². The topological polar surface area (TPSA) is 63.6 Å². The van der Waals surface area contributed by atoms with E-state index in [9.17, 15) is 9.59 Å². The van der Waals surface area contributed by atoms with Gasteiger partial charge in [0.2, 0.25) is 0 Å². The zero-order chi connectivity index (χ0) is 18.7. The van der Waals surface area contributed by atoms with Crippen molar-refractivity contribution in [3.05, 3.63) is 35.4 Å². The molecule has 1 N–H and O–H groups in total. The highest BCUT2D eigenvalue weighted by atomic mass is 16.5. The number of hydrogen-bond donors (Lipinski definition) is 1. The van der Waals surface area contributed by atoms with Crippen LogP contribution in [0.3, 0.4) is 0 Å². The summed E-state index contributed by atoms with van der Waals surface area (Å²) in [6, 6.07) is 7.48. The second-order valence-corrected chi connectivity index (χ2v) is 8.50. The third kappa shape index (κ3) is 5.32. The van der Waals surface area contributed by atoms with Gasteiger partial charge in [-0.2, -0.15) is 0 Å². The van der Waals surface area contributed by atoms with Crippen molar-refractivity contribution in [2.24, 2.45) is 11.3 Å². The summed E-state index contributed by atoms with van der Waals surface area (Å²) in [5.41, 5.74) is 2.09. The van der Waals surface area contributed by atoms with Crippen molar-refractivity contribution >= 4 is 12.4 Å². The summed E-state index contributed by atoms with van der Waals surface area (Å²) in [5, 5.41) is 8.89. The van der Waals surface area contributed by atoms with Crippen LogP contribution in [0, 0.1) is 11.3 Å². The van der Waals surface area contributed by atoms with Crippen molar-refractivity contribution in [2.45, 2.75) is 71.3 Å². The minimum atomic E-state index is -0.837. The number of ether oxygens (including phenoxy) is 1. The van der Waals surface area contributed by atoms with Gasteiger partial charge in [0.1, 0.15) is 5.60 Å². The van der Waals surface area contributed by atoms with Gasteiger partial charge in [0.15, 0.2) is 0 Å². The van der Waals surface area contributed by atoms with E-state index in [-0.39, 0.29) is 5.60 Å². The van der Waals surface area contributed by atoms with Gasteiger partial charge < -0.3 is 9.84 Å². The fourth-order valence-electron chi connectivity index (χ4n) is 3.82. The smallest absolute Gasteiger partial charge is 0.335 e. The van der Waals surface area contributed by atoms with E-state index in [1.54, 1.807) is 12.1 Å². The molecular weight excluding hydrogens is 316 g/mol. The van der Waals surface area contributed by atoms with Gasteiger partial charge in [-0.05, 0) is 87.8 Å². The molecule has 1 spiro atoms. The molecule has 2 saturated carbocycles. The maximum absolute atomic E-state index is 10.8. The molecule has 0 aromatic heterocycles. The first kappa shape index (κ1) is 19.5. The molecule has 1 aromatic rings. The molecule has 0 aliphatic heterocycles. The lowest BCUT2D eigenvalue weighted by atomic mass is 9.76. The molecule has 1 unspecified atom stereocenters. The molecule has 2 fully saturated rings. The minimum absolute atomic E-state index is 0.318. The number of benzene rings is 1. The SMILES string of the molecule is CC(C)(C)OC=O.CC1CC12CCC(c1ccc(C(=O)O)cc1)CC2. The Morgan fingerprint density at radius 2 is 1.72 bits per heavy atom. The highest BCUT2D eigenvalue weighted by Gasteiger charge is 2.51. The lowest BCUT2D eigenvalue weighted by molar-refractivity contribution is -0.138. The van der Waals surface area contributed by atoms with Gasteiger partial charge in [0.05, 0.1) is 5.56 Å². The van der Waals surface area contributed by atoms with E-state index >= 15 is 0 Å². The Bertz CT molecular complexity index is 589. The zero-order valence-electron chi connectivity index (χ0n) is 15.7. The van der Waals surface area contributed by atoms with E-state index in [1.165, 1.54) is 37.7 Å². The summed E-state index contributed by atoms with van der Waals surface area (Å²) < 4.78 is 4.55. The lowest BCUT2D eigenvalue weighted by Crippen LogP contribution is -2.17. The molecule has 4 nitrogen and oxygen atoms in total. The molecule has 138 valence electrons. The normalized spacial score (nSPS) is 27.8. The molecule has 25 heavy (non-hydrogen) atoms. The van der Waals surface area contributed by atoms with Crippen LogP contribution in [0.4, 0.5) is 0 Å². The van der Waals surface area contributed by atoms with Crippen LogP contribution in [0.1, 0.15) is 81.6 Å². The highest BCUT2D eigenvalue weighted by Crippen LogP contribution is 2.62. The summed E-state index contributed by atoms with van der Waals surface area (Å²) >= 11 is 0. The van der Waals surface area contributed by atoms with Crippen LogP contribution in [0.5, 0.6) is 0 Å². The predicted molar refractivity (Wildman–Crippen MR) is 97.7 cm³/mol. The fourth-order valence-corrected chi connectivity index (χ4v) is 3.82. The average Bonchev–Trinajstić information content (AvgIpc) is 3.16. The summed E-state index contributed by atoms with van der Waals surface area (Å²) in [4.78, 5) is 20.4. The van der Waals surface area contributed by atoms with Crippen molar-refractivity contribution in [3.63, 3.8) is 0 Å². The molecule has 0 bridgehead atoms. The summed E-state index contributed by atoms with van der Waals surface area (Å²) in [5.74, 6) is 0.745. The highest BCUT2D eigenvalue weighted by molar-refractivity contribution is 5.87. The molecule has 0 heterocycles. The van der Waals surface area contributed by atoms with Crippen LogP contribution < -0.4 is 0 Å². The second kappa shape index (κ2) is 7.59. The largest absolute Gasteiger partial charge is 0.478 e. The van der Waals surface area contributed by atoms with E-state index in [0.29, 0.717) is 23.4 Å².